The predicted molar refractivity (Wildman–Crippen MR) is 129 cm³/mol. The van der Waals surface area contributed by atoms with Gasteiger partial charge in [0.2, 0.25) is 5.91 Å². The Bertz CT molecular complexity index is 1260. The van der Waals surface area contributed by atoms with Crippen molar-refractivity contribution in [3.05, 3.63) is 65.2 Å². The van der Waals surface area contributed by atoms with Gasteiger partial charge in [0.1, 0.15) is 18.2 Å². The molecule has 2 aromatic rings. The van der Waals surface area contributed by atoms with Crippen LogP contribution in [0.25, 0.3) is 0 Å². The summed E-state index contributed by atoms with van der Waals surface area (Å²) in [6.07, 6.45) is -10.5. The molecule has 230 valence electrons. The van der Waals surface area contributed by atoms with Gasteiger partial charge >= 0.3 is 30.3 Å². The summed E-state index contributed by atoms with van der Waals surface area (Å²) in [6.45, 7) is -0.0984. The van der Waals surface area contributed by atoms with E-state index in [-0.39, 0.29) is 30.0 Å². The number of halogens is 6. The summed E-state index contributed by atoms with van der Waals surface area (Å²) in [5.41, 5.74) is 11.6. The number of carbonyl (C=O) groups is 5. The molecule has 0 heterocycles. The normalized spacial score (nSPS) is 11.3. The van der Waals surface area contributed by atoms with Crippen LogP contribution in [0.2, 0.25) is 0 Å². The third-order valence-electron chi connectivity index (χ3n) is 4.27. The molecule has 2 rings (SSSR count). The van der Waals surface area contributed by atoms with Gasteiger partial charge in [-0.2, -0.15) is 26.3 Å². The maximum Gasteiger partial charge on any atom is 0.490 e. The van der Waals surface area contributed by atoms with Crippen LogP contribution in [-0.4, -0.2) is 75.9 Å². The van der Waals surface area contributed by atoms with Crippen LogP contribution in [0.5, 0.6) is 5.75 Å². The molecule has 0 aromatic heterocycles. The molecular weight excluding hydrogens is 590 g/mol. The first-order valence-corrected chi connectivity index (χ1v) is 10.7. The van der Waals surface area contributed by atoms with Gasteiger partial charge in [-0.25, -0.2) is 9.59 Å². The maximum absolute atomic E-state index is 12.4. The molecule has 42 heavy (non-hydrogen) atoms. The number of rotatable bonds is 9. The van der Waals surface area contributed by atoms with E-state index in [1.54, 1.807) is 24.3 Å². The molecule has 0 saturated heterocycles. The van der Waals surface area contributed by atoms with Crippen molar-refractivity contribution in [1.29, 1.82) is 5.41 Å². The summed E-state index contributed by atoms with van der Waals surface area (Å²) in [7, 11) is 0. The lowest BCUT2D eigenvalue weighted by atomic mass is 10.1. The van der Waals surface area contributed by atoms with Gasteiger partial charge in [0.25, 0.3) is 5.91 Å². The van der Waals surface area contributed by atoms with Crippen molar-refractivity contribution in [2.24, 2.45) is 11.5 Å². The maximum atomic E-state index is 12.4. The standard InChI is InChI=1S/C19H20N4O5.2C2HF3O2/c20-17(21)13-2-1-3-15(8-13)28-10-14(9-16(24)25)23-19(27)12-6-4-11(5-7-12)18(22)26;2*3-2(4,5)1(6)7/h1-8,14H,9-10H2,(H3,20,21)(H2,22,26)(H,23,27)(H,24,25);2*(H,6,7)/t14-;;/m1../s1. The Labute approximate surface area is 231 Å². The molecule has 2 aromatic carbocycles. The Kier molecular flexibility index (Phi) is 14.0. The van der Waals surface area contributed by atoms with Crippen molar-refractivity contribution in [3.8, 4) is 5.75 Å². The van der Waals surface area contributed by atoms with Crippen LogP contribution in [0.3, 0.4) is 0 Å². The molecule has 0 saturated carbocycles. The van der Waals surface area contributed by atoms with E-state index in [4.69, 9.17) is 46.5 Å². The number of aliphatic carboxylic acids is 3. The zero-order chi connectivity index (χ0) is 32.8. The highest BCUT2D eigenvalue weighted by atomic mass is 19.4. The molecule has 2 amide bonds. The number of carbonyl (C=O) groups excluding carboxylic acids is 2. The monoisotopic (exact) mass is 612 g/mol. The van der Waals surface area contributed by atoms with Crippen molar-refractivity contribution in [1.82, 2.24) is 5.32 Å². The number of nitrogens with two attached hydrogens (primary N) is 2. The van der Waals surface area contributed by atoms with Crippen LogP contribution in [0, 0.1) is 5.41 Å². The van der Waals surface area contributed by atoms with Gasteiger partial charge in [0.15, 0.2) is 0 Å². The zero-order valence-electron chi connectivity index (χ0n) is 20.8. The molecular formula is C23H22F6N4O9. The number of amidine groups is 1. The topological polar surface area (TPSA) is 243 Å². The van der Waals surface area contributed by atoms with Crippen LogP contribution < -0.4 is 21.5 Å². The van der Waals surface area contributed by atoms with Crippen molar-refractivity contribution >= 4 is 35.6 Å². The van der Waals surface area contributed by atoms with Crippen LogP contribution in [0.1, 0.15) is 32.7 Å². The highest BCUT2D eigenvalue weighted by Gasteiger charge is 2.38. The lowest BCUT2D eigenvalue weighted by Gasteiger charge is -2.18. The lowest BCUT2D eigenvalue weighted by molar-refractivity contribution is -0.193. The second kappa shape index (κ2) is 16.0. The fraction of sp³-hybridized carbons (Fsp3) is 0.217. The van der Waals surface area contributed by atoms with Crippen LogP contribution in [-0.2, 0) is 14.4 Å². The Morgan fingerprint density at radius 3 is 1.64 bits per heavy atom. The van der Waals surface area contributed by atoms with E-state index < -0.39 is 48.1 Å². The summed E-state index contributed by atoms with van der Waals surface area (Å²) < 4.78 is 69.0. The van der Waals surface area contributed by atoms with Gasteiger partial charge in [0.05, 0.1) is 12.5 Å². The smallest absolute Gasteiger partial charge is 0.490 e. The molecule has 0 unspecified atom stereocenters. The highest BCUT2D eigenvalue weighted by Crippen LogP contribution is 2.15. The van der Waals surface area contributed by atoms with Crippen molar-refractivity contribution in [3.63, 3.8) is 0 Å². The number of nitrogen functional groups attached to an aromatic ring is 1. The number of amides is 2. The molecule has 0 fully saturated rings. The van der Waals surface area contributed by atoms with E-state index >= 15 is 0 Å². The molecule has 0 bridgehead atoms. The largest absolute Gasteiger partial charge is 0.491 e. The average molecular weight is 612 g/mol. The van der Waals surface area contributed by atoms with E-state index in [0.717, 1.165) is 0 Å². The van der Waals surface area contributed by atoms with E-state index in [1.165, 1.54) is 24.3 Å². The molecule has 0 aliphatic rings. The quantitative estimate of drug-likeness (QED) is 0.123. The third-order valence-corrected chi connectivity index (χ3v) is 4.27. The number of hydrogen-bond donors (Lipinski definition) is 7. The molecule has 0 radical (unpaired) electrons. The first-order valence-electron chi connectivity index (χ1n) is 10.7. The molecule has 0 aliphatic carbocycles. The molecule has 0 aliphatic heterocycles. The van der Waals surface area contributed by atoms with E-state index in [9.17, 15) is 40.7 Å². The number of benzene rings is 2. The van der Waals surface area contributed by atoms with Gasteiger partial charge in [-0.15, -0.1) is 0 Å². The highest BCUT2D eigenvalue weighted by molar-refractivity contribution is 5.97. The third kappa shape index (κ3) is 14.7. The summed E-state index contributed by atoms with van der Waals surface area (Å²) >= 11 is 0. The summed E-state index contributed by atoms with van der Waals surface area (Å²) in [5.74, 6) is -7.47. The second-order valence-corrected chi connectivity index (χ2v) is 7.57. The molecule has 0 spiro atoms. The minimum atomic E-state index is -5.08. The number of nitrogens with one attached hydrogen (secondary N) is 2. The van der Waals surface area contributed by atoms with Crippen molar-refractivity contribution in [2.45, 2.75) is 24.8 Å². The Hall–Kier alpha value is -5.36. The van der Waals surface area contributed by atoms with Crippen molar-refractivity contribution < 1.29 is 70.4 Å². The van der Waals surface area contributed by atoms with Gasteiger partial charge in [-0.1, -0.05) is 12.1 Å². The Morgan fingerprint density at radius 1 is 0.810 bits per heavy atom. The molecule has 1 atom stereocenters. The number of alkyl halides is 6. The predicted octanol–water partition coefficient (Wildman–Crippen LogP) is 1.99. The summed E-state index contributed by atoms with van der Waals surface area (Å²) in [5, 5.41) is 33.3. The van der Waals surface area contributed by atoms with Crippen LogP contribution in [0.15, 0.2) is 48.5 Å². The molecule has 9 N–H and O–H groups in total. The Morgan fingerprint density at radius 2 is 1.26 bits per heavy atom. The van der Waals surface area contributed by atoms with Gasteiger partial charge in [0, 0.05) is 16.7 Å². The van der Waals surface area contributed by atoms with E-state index in [1.807, 2.05) is 0 Å². The number of carboxylic acid groups (broad SMARTS) is 3. The second-order valence-electron chi connectivity index (χ2n) is 7.57. The number of carboxylic acids is 3. The summed E-state index contributed by atoms with van der Waals surface area (Å²) in [4.78, 5) is 52.3. The zero-order valence-corrected chi connectivity index (χ0v) is 20.8. The number of ether oxygens (including phenoxy) is 1. The number of hydrogen-bond acceptors (Lipinski definition) is 7. The minimum Gasteiger partial charge on any atom is -0.491 e. The molecule has 19 heteroatoms. The van der Waals surface area contributed by atoms with Gasteiger partial charge < -0.3 is 36.8 Å². The minimum absolute atomic E-state index is 0.0984. The molecule has 13 nitrogen and oxygen atoms in total. The number of primary amides is 1. The Balaban J connectivity index is 0.000000990. The van der Waals surface area contributed by atoms with Gasteiger partial charge in [-0.05, 0) is 36.4 Å². The fourth-order valence-corrected chi connectivity index (χ4v) is 2.37. The average Bonchev–Trinajstić information content (AvgIpc) is 2.86. The van der Waals surface area contributed by atoms with Crippen molar-refractivity contribution in [2.75, 3.05) is 6.61 Å². The first kappa shape index (κ1) is 36.6. The van der Waals surface area contributed by atoms with E-state index in [0.29, 0.717) is 11.3 Å². The van der Waals surface area contributed by atoms with Crippen LogP contribution >= 0.6 is 0 Å². The van der Waals surface area contributed by atoms with Gasteiger partial charge in [-0.3, -0.25) is 19.8 Å². The summed E-state index contributed by atoms with van der Waals surface area (Å²) in [6, 6.07) is 11.3. The van der Waals surface area contributed by atoms with E-state index in [2.05, 4.69) is 5.32 Å². The lowest BCUT2D eigenvalue weighted by Crippen LogP contribution is -2.40. The van der Waals surface area contributed by atoms with Crippen LogP contribution in [0.4, 0.5) is 26.3 Å². The fourth-order valence-electron chi connectivity index (χ4n) is 2.37. The SMILES string of the molecule is N=C(N)c1cccc(OC[C@@H](CC(=O)O)NC(=O)c2ccc(C(N)=O)cc2)c1.O=C(O)C(F)(F)F.O=C(O)C(F)(F)F. The first-order chi connectivity index (χ1) is 19.1.